The summed E-state index contributed by atoms with van der Waals surface area (Å²) in [6, 6.07) is 43.1. The highest BCUT2D eigenvalue weighted by atomic mass is 35.5. The van der Waals surface area contributed by atoms with E-state index in [2.05, 4.69) is 40.9 Å². The highest BCUT2D eigenvalue weighted by Crippen LogP contribution is 2.33. The lowest BCUT2D eigenvalue weighted by molar-refractivity contribution is -0.137. The van der Waals surface area contributed by atoms with Crippen LogP contribution >= 0.6 is 46.4 Å². The number of benzene rings is 6. The van der Waals surface area contributed by atoms with E-state index in [4.69, 9.17) is 69.3 Å². The van der Waals surface area contributed by atoms with Crippen molar-refractivity contribution in [1.29, 1.82) is 0 Å². The Labute approximate surface area is 480 Å². The zero-order valence-corrected chi connectivity index (χ0v) is 46.1. The molecule has 3 unspecified atom stereocenters. The Hall–Kier alpha value is -8.87. The van der Waals surface area contributed by atoms with Gasteiger partial charge in [0.2, 0.25) is 0 Å². The lowest BCUT2D eigenvalue weighted by atomic mass is 10.0. The summed E-state index contributed by atoms with van der Waals surface area (Å²) in [5, 5.41) is 23.7. The maximum absolute atomic E-state index is 12.8. The number of fused-ring (bicyclic) bond motifs is 3. The molecule has 0 aliphatic heterocycles. The van der Waals surface area contributed by atoms with Gasteiger partial charge in [-0.1, -0.05) is 169 Å². The molecule has 3 heterocycles. The summed E-state index contributed by atoms with van der Waals surface area (Å²) in [5.74, 6) is -1.56. The van der Waals surface area contributed by atoms with Gasteiger partial charge in [-0.15, -0.1) is 0 Å². The van der Waals surface area contributed by atoms with Crippen LogP contribution in [0.25, 0.3) is 32.3 Å². The number of nitrogens with zero attached hydrogens (tertiary/aromatic N) is 5. The number of aliphatic carboxylic acids is 1. The van der Waals surface area contributed by atoms with Crippen LogP contribution < -0.4 is 38.9 Å². The molecule has 17 nitrogen and oxygen atoms in total. The van der Waals surface area contributed by atoms with E-state index >= 15 is 0 Å². The minimum Gasteiger partial charge on any atom is -0.481 e. The topological polar surface area (TPSA) is 292 Å². The predicted octanol–water partition coefficient (Wildman–Crippen LogP) is 11.8. The molecular weight excluding hydrogens is 1100 g/mol. The first-order valence-corrected chi connectivity index (χ1v) is 26.3. The van der Waals surface area contributed by atoms with Gasteiger partial charge in [0.25, 0.3) is 17.7 Å². The summed E-state index contributed by atoms with van der Waals surface area (Å²) in [4.78, 5) is 69.8. The lowest BCUT2D eigenvalue weighted by Gasteiger charge is -2.18. The summed E-state index contributed by atoms with van der Waals surface area (Å²) < 4.78 is 0. The van der Waals surface area contributed by atoms with E-state index < -0.39 is 17.9 Å². The van der Waals surface area contributed by atoms with Crippen molar-refractivity contribution < 1.29 is 24.3 Å². The molecule has 0 fully saturated rings. The van der Waals surface area contributed by atoms with E-state index in [1.54, 1.807) is 78.9 Å². The maximum atomic E-state index is 12.8. The molecule has 3 atom stereocenters. The maximum Gasteiger partial charge on any atom is 0.305 e. The third kappa shape index (κ3) is 15.2. The van der Waals surface area contributed by atoms with Crippen LogP contribution in [0.2, 0.25) is 20.2 Å². The fourth-order valence-corrected chi connectivity index (χ4v) is 9.31. The second-order valence-corrected chi connectivity index (χ2v) is 19.4. The smallest absolute Gasteiger partial charge is 0.305 e. The molecule has 80 heavy (non-hydrogen) atoms. The number of guanidine groups is 2. The van der Waals surface area contributed by atoms with Crippen LogP contribution in [-0.2, 0) is 4.79 Å². The molecule has 0 saturated carbocycles. The lowest BCUT2D eigenvalue weighted by Crippen LogP contribution is -2.30. The Morgan fingerprint density at radius 1 is 0.463 bits per heavy atom. The minimum atomic E-state index is -1.02. The number of nitrogens with one attached hydrogen (secondary N) is 3. The number of rotatable bonds is 15. The third-order valence-electron chi connectivity index (χ3n) is 12.4. The van der Waals surface area contributed by atoms with Gasteiger partial charge in [0, 0.05) is 67.6 Å². The fourth-order valence-electron chi connectivity index (χ4n) is 8.46. The molecule has 0 aliphatic rings. The first-order valence-electron chi connectivity index (χ1n) is 24.8. The van der Waals surface area contributed by atoms with Crippen molar-refractivity contribution >= 4 is 126 Å². The van der Waals surface area contributed by atoms with Gasteiger partial charge < -0.3 is 44.0 Å². The number of carboxylic acid groups (broad SMARTS) is 1. The number of hydrogen-bond acceptors (Lipinski definition) is 9. The highest BCUT2D eigenvalue weighted by Gasteiger charge is 2.21. The van der Waals surface area contributed by atoms with Crippen LogP contribution in [0.15, 0.2) is 174 Å². The summed E-state index contributed by atoms with van der Waals surface area (Å²) >= 11 is 24.6. The minimum absolute atomic E-state index is 0.0395. The van der Waals surface area contributed by atoms with Crippen LogP contribution in [0.5, 0.6) is 0 Å². The molecule has 9 rings (SSSR count). The van der Waals surface area contributed by atoms with Gasteiger partial charge >= 0.3 is 5.97 Å². The van der Waals surface area contributed by atoms with Crippen molar-refractivity contribution in [2.75, 3.05) is 0 Å². The molecular formula is C59H54Cl4N12O5. The number of carbonyl (C=O) groups is 4. The van der Waals surface area contributed by atoms with Gasteiger partial charge in [-0.2, -0.15) is 9.98 Å². The number of hydrogen-bond donors (Lipinski definition) is 8. The first kappa shape index (κ1) is 58.8. The number of carboxylic acids is 1. The summed E-state index contributed by atoms with van der Waals surface area (Å²) in [6.07, 6.45) is 5.73. The number of halogens is 4. The van der Waals surface area contributed by atoms with Gasteiger partial charge in [-0.3, -0.25) is 19.2 Å². The predicted molar refractivity (Wildman–Crippen MR) is 319 cm³/mol. The monoisotopic (exact) mass is 1150 g/mol. The molecule has 0 bridgehead atoms. The fraction of sp³-hybridized carbons (Fsp3) is 0.136. The Balaban J connectivity index is 0.000000174. The summed E-state index contributed by atoms with van der Waals surface area (Å²) in [6.45, 7) is 4.07. The molecule has 3 amide bonds. The Kier molecular flexibility index (Phi) is 20.3. The molecule has 3 aromatic heterocycles. The van der Waals surface area contributed by atoms with Gasteiger partial charge in [0.15, 0.2) is 23.6 Å². The molecule has 12 N–H and O–H groups in total. The number of aliphatic imine (C=N–C) groups is 2. The number of aromatic nitrogens is 3. The second kappa shape index (κ2) is 27.6. The third-order valence-corrected chi connectivity index (χ3v) is 13.6. The zero-order valence-electron chi connectivity index (χ0n) is 43.1. The van der Waals surface area contributed by atoms with E-state index in [1.165, 1.54) is 18.6 Å². The van der Waals surface area contributed by atoms with Crippen molar-refractivity contribution in [2.24, 2.45) is 32.9 Å². The Morgan fingerprint density at radius 2 is 0.787 bits per heavy atom. The molecule has 6 aromatic carbocycles. The summed E-state index contributed by atoms with van der Waals surface area (Å²) in [5.41, 5.74) is 26.0. The standard InChI is InChI=1S/C20H18ClN5O3.C20H20ClN5O.C19H16Cl2N2O/c21-15-10-24-18(26-20(22)23)14-8-12(6-7-13(14)15)19(29)25-16(9-17(27)28)11-4-2-1-3-5-11;1-2-17(12-6-4-3-5-7-12)25-19(27)13-8-9-14-15(10-13)18(26-20(22)23)24-11-16(14)21;1-2-17(12-6-4-3-5-7-12)23-19(24)13-8-9-14-15(10-13)18(21)22-11-16(14)20/h1-8,10,16H,9H2,(H,25,29)(H,27,28)(H4,22,23,24,26);3-11,17H,2H2,1H3,(H,25,27)(H4,22,23,24,26);3-11,17H,2H2,1H3,(H,23,24). The Morgan fingerprint density at radius 3 is 1.14 bits per heavy atom. The van der Waals surface area contributed by atoms with Crippen LogP contribution in [-0.4, -0.2) is 55.7 Å². The molecule has 21 heteroatoms. The van der Waals surface area contributed by atoms with Gasteiger partial charge in [0.1, 0.15) is 5.15 Å². The van der Waals surface area contributed by atoms with E-state index in [0.29, 0.717) is 69.8 Å². The van der Waals surface area contributed by atoms with Gasteiger partial charge in [-0.25, -0.2) is 15.0 Å². The molecule has 0 saturated heterocycles. The SMILES string of the molecule is CCC(NC(=O)c1ccc2c(Cl)cnc(Cl)c2c1)c1ccccc1.CCC(NC(=O)c1ccc2c(Cl)cnc(N=C(N)N)c2c1)c1ccccc1.NC(N)=Nc1ncc(Cl)c2ccc(C(=O)NC(CC(=O)O)c3ccccc3)cc12. The number of carbonyl (C=O) groups excluding carboxylic acids is 3. The van der Waals surface area contributed by atoms with Crippen molar-refractivity contribution in [3.05, 3.63) is 218 Å². The van der Waals surface area contributed by atoms with E-state index in [-0.39, 0.29) is 48.1 Å². The molecule has 0 radical (unpaired) electrons. The first-order chi connectivity index (χ1) is 38.4. The van der Waals surface area contributed by atoms with Crippen molar-refractivity contribution in [3.63, 3.8) is 0 Å². The molecule has 9 aromatic rings. The van der Waals surface area contributed by atoms with Crippen molar-refractivity contribution in [3.8, 4) is 0 Å². The largest absolute Gasteiger partial charge is 0.481 e. The van der Waals surface area contributed by atoms with Crippen LogP contribution in [0.1, 0.15) is 99.0 Å². The molecule has 0 aliphatic carbocycles. The van der Waals surface area contributed by atoms with E-state index in [0.717, 1.165) is 34.7 Å². The normalized spacial score (nSPS) is 11.8. The average Bonchev–Trinajstić information content (AvgIpc) is 3.48. The summed E-state index contributed by atoms with van der Waals surface area (Å²) in [7, 11) is 0. The van der Waals surface area contributed by atoms with Gasteiger partial charge in [-0.05, 0) is 65.9 Å². The number of pyridine rings is 3. The Bertz CT molecular complexity index is 3760. The average molecular weight is 1150 g/mol. The van der Waals surface area contributed by atoms with Crippen molar-refractivity contribution in [1.82, 2.24) is 30.9 Å². The highest BCUT2D eigenvalue weighted by molar-refractivity contribution is 6.39. The van der Waals surface area contributed by atoms with E-state index in [9.17, 15) is 24.3 Å². The zero-order chi connectivity index (χ0) is 57.5. The van der Waals surface area contributed by atoms with Crippen LogP contribution in [0.4, 0.5) is 11.6 Å². The second-order valence-electron chi connectivity index (χ2n) is 17.8. The molecule has 408 valence electrons. The van der Waals surface area contributed by atoms with Gasteiger partial charge in [0.05, 0.1) is 39.6 Å². The van der Waals surface area contributed by atoms with Crippen LogP contribution in [0.3, 0.4) is 0 Å². The van der Waals surface area contributed by atoms with Crippen LogP contribution in [0, 0.1) is 0 Å². The van der Waals surface area contributed by atoms with E-state index in [1.807, 2.05) is 80.6 Å². The number of amides is 3. The molecule has 0 spiro atoms. The quantitative estimate of drug-likeness (QED) is 0.0270. The van der Waals surface area contributed by atoms with Crippen molar-refractivity contribution in [2.45, 2.75) is 51.2 Å². The number of nitrogens with two attached hydrogens (primary N) is 4.